The molecule has 0 bridgehead atoms. The number of anilines is 1. The van der Waals surface area contributed by atoms with Crippen LogP contribution in [-0.2, 0) is 4.79 Å². The van der Waals surface area contributed by atoms with E-state index >= 15 is 0 Å². The zero-order chi connectivity index (χ0) is 19.3. The lowest BCUT2D eigenvalue weighted by atomic mass is 10.0. The number of amides is 1. The molecule has 1 aromatic carbocycles. The number of rotatable bonds is 2. The Morgan fingerprint density at radius 1 is 1.15 bits per heavy atom. The summed E-state index contributed by atoms with van der Waals surface area (Å²) in [6, 6.07) is 7.78. The molecule has 138 valence electrons. The molecular weight excluding hydrogens is 340 g/mol. The van der Waals surface area contributed by atoms with Gasteiger partial charge in [-0.3, -0.25) is 4.79 Å². The monoisotopic (exact) mass is 362 g/mol. The Labute approximate surface area is 158 Å². The van der Waals surface area contributed by atoms with Gasteiger partial charge in [0, 0.05) is 30.6 Å². The SMILES string of the molecule is Cc1cc(-c2ccnc(C(C)C)n2)nc2cc3c(cc12)N(C)C(=O)C(C)O3. The lowest BCUT2D eigenvalue weighted by Crippen LogP contribution is -2.41. The Morgan fingerprint density at radius 2 is 1.93 bits per heavy atom. The molecule has 3 aromatic rings. The van der Waals surface area contributed by atoms with Gasteiger partial charge >= 0.3 is 0 Å². The van der Waals surface area contributed by atoms with Crippen molar-refractivity contribution in [1.29, 1.82) is 0 Å². The summed E-state index contributed by atoms with van der Waals surface area (Å²) in [5.41, 5.74) is 4.27. The van der Waals surface area contributed by atoms with Crippen LogP contribution in [0.5, 0.6) is 5.75 Å². The van der Waals surface area contributed by atoms with E-state index in [1.165, 1.54) is 0 Å². The van der Waals surface area contributed by atoms with Crippen LogP contribution in [0, 0.1) is 6.92 Å². The summed E-state index contributed by atoms with van der Waals surface area (Å²) < 4.78 is 5.80. The maximum Gasteiger partial charge on any atom is 0.267 e. The largest absolute Gasteiger partial charge is 0.479 e. The number of benzene rings is 1. The second-order valence-corrected chi connectivity index (χ2v) is 7.27. The molecule has 0 saturated heterocycles. The van der Waals surface area contributed by atoms with Crippen molar-refractivity contribution in [2.24, 2.45) is 0 Å². The average Bonchev–Trinajstić information content (AvgIpc) is 2.65. The molecule has 0 N–H and O–H groups in total. The Bertz CT molecular complexity index is 1060. The number of ether oxygens (including phenoxy) is 1. The van der Waals surface area contributed by atoms with E-state index in [-0.39, 0.29) is 11.8 Å². The molecule has 4 rings (SSSR count). The first-order chi connectivity index (χ1) is 12.8. The maximum atomic E-state index is 12.2. The van der Waals surface area contributed by atoms with Gasteiger partial charge in [0.15, 0.2) is 6.10 Å². The van der Waals surface area contributed by atoms with Crippen molar-refractivity contribution in [1.82, 2.24) is 15.0 Å². The number of hydrogen-bond acceptors (Lipinski definition) is 5. The highest BCUT2D eigenvalue weighted by Gasteiger charge is 2.29. The lowest BCUT2D eigenvalue weighted by molar-refractivity contribution is -0.125. The minimum atomic E-state index is -0.500. The molecule has 0 spiro atoms. The first kappa shape index (κ1) is 17.4. The van der Waals surface area contributed by atoms with Crippen LogP contribution in [0.4, 0.5) is 5.69 Å². The second kappa shape index (κ2) is 6.30. The van der Waals surface area contributed by atoms with E-state index in [1.807, 2.05) is 31.2 Å². The summed E-state index contributed by atoms with van der Waals surface area (Å²) in [5.74, 6) is 1.68. The number of carbonyl (C=O) groups is 1. The van der Waals surface area contributed by atoms with E-state index in [2.05, 4.69) is 23.8 Å². The summed E-state index contributed by atoms with van der Waals surface area (Å²) >= 11 is 0. The second-order valence-electron chi connectivity index (χ2n) is 7.27. The van der Waals surface area contributed by atoms with Crippen molar-refractivity contribution in [2.75, 3.05) is 11.9 Å². The molecular formula is C21H22N4O2. The van der Waals surface area contributed by atoms with Crippen LogP contribution in [0.15, 0.2) is 30.5 Å². The fourth-order valence-corrected chi connectivity index (χ4v) is 3.33. The minimum absolute atomic E-state index is 0.0497. The van der Waals surface area contributed by atoms with Gasteiger partial charge in [0.05, 0.1) is 22.6 Å². The molecule has 0 radical (unpaired) electrons. The average molecular weight is 362 g/mol. The first-order valence-electron chi connectivity index (χ1n) is 9.08. The lowest BCUT2D eigenvalue weighted by Gasteiger charge is -2.30. The van der Waals surface area contributed by atoms with Gasteiger partial charge in [0.1, 0.15) is 11.6 Å². The Morgan fingerprint density at radius 3 is 2.67 bits per heavy atom. The standard InChI is InChI=1S/C21H22N4O2/c1-11(2)20-22-7-6-15(24-20)17-8-12(3)14-9-18-19(10-16(14)23-17)27-13(4)21(26)25(18)5/h6-11,13H,1-5H3. The summed E-state index contributed by atoms with van der Waals surface area (Å²) in [6.07, 6.45) is 1.27. The van der Waals surface area contributed by atoms with Gasteiger partial charge in [-0.25, -0.2) is 15.0 Å². The van der Waals surface area contributed by atoms with Gasteiger partial charge in [-0.2, -0.15) is 0 Å². The van der Waals surface area contributed by atoms with Crippen LogP contribution < -0.4 is 9.64 Å². The van der Waals surface area contributed by atoms with Gasteiger partial charge in [0.2, 0.25) is 0 Å². The number of fused-ring (bicyclic) bond motifs is 2. The predicted molar refractivity (Wildman–Crippen MR) is 105 cm³/mol. The summed E-state index contributed by atoms with van der Waals surface area (Å²) in [4.78, 5) is 27.7. The number of nitrogens with zero attached hydrogens (tertiary/aromatic N) is 4. The minimum Gasteiger partial charge on any atom is -0.479 e. The normalized spacial score (nSPS) is 16.6. The molecule has 3 heterocycles. The number of pyridine rings is 1. The molecule has 6 nitrogen and oxygen atoms in total. The van der Waals surface area contributed by atoms with E-state index in [0.29, 0.717) is 5.75 Å². The third kappa shape index (κ3) is 2.91. The van der Waals surface area contributed by atoms with Crippen molar-refractivity contribution in [2.45, 2.75) is 39.7 Å². The molecule has 0 fully saturated rings. The summed E-state index contributed by atoms with van der Waals surface area (Å²) in [7, 11) is 1.78. The highest BCUT2D eigenvalue weighted by atomic mass is 16.5. The zero-order valence-electron chi connectivity index (χ0n) is 16.1. The van der Waals surface area contributed by atoms with E-state index in [1.54, 1.807) is 25.1 Å². The van der Waals surface area contributed by atoms with Crippen LogP contribution in [0.3, 0.4) is 0 Å². The smallest absolute Gasteiger partial charge is 0.267 e. The molecule has 27 heavy (non-hydrogen) atoms. The number of carbonyl (C=O) groups excluding carboxylic acids is 1. The predicted octanol–water partition coefficient (Wildman–Crippen LogP) is 3.87. The quantitative estimate of drug-likeness (QED) is 0.692. The van der Waals surface area contributed by atoms with Crippen molar-refractivity contribution < 1.29 is 9.53 Å². The molecule has 1 unspecified atom stereocenters. The number of aryl methyl sites for hydroxylation is 1. The van der Waals surface area contributed by atoms with E-state index in [9.17, 15) is 4.79 Å². The Kier molecular flexibility index (Phi) is 4.06. The van der Waals surface area contributed by atoms with Crippen molar-refractivity contribution in [3.8, 4) is 17.1 Å². The van der Waals surface area contributed by atoms with E-state index < -0.39 is 6.10 Å². The van der Waals surface area contributed by atoms with Crippen molar-refractivity contribution in [3.63, 3.8) is 0 Å². The molecule has 1 aliphatic rings. The van der Waals surface area contributed by atoms with Crippen LogP contribution in [0.1, 0.15) is 38.1 Å². The molecule has 1 aliphatic heterocycles. The number of hydrogen-bond donors (Lipinski definition) is 0. The summed E-state index contributed by atoms with van der Waals surface area (Å²) in [6.45, 7) is 7.94. The van der Waals surface area contributed by atoms with Crippen LogP contribution >= 0.6 is 0 Å². The summed E-state index contributed by atoms with van der Waals surface area (Å²) in [5, 5.41) is 0.994. The highest BCUT2D eigenvalue weighted by molar-refractivity contribution is 6.02. The van der Waals surface area contributed by atoms with E-state index in [0.717, 1.165) is 39.4 Å². The molecule has 1 atom stereocenters. The molecule has 0 aliphatic carbocycles. The number of aromatic nitrogens is 3. The fraction of sp³-hybridized carbons (Fsp3) is 0.333. The van der Waals surface area contributed by atoms with Crippen LogP contribution in [0.2, 0.25) is 0 Å². The molecule has 0 saturated carbocycles. The molecule has 6 heteroatoms. The van der Waals surface area contributed by atoms with Crippen LogP contribution in [0.25, 0.3) is 22.3 Å². The first-order valence-corrected chi connectivity index (χ1v) is 9.08. The van der Waals surface area contributed by atoms with Crippen molar-refractivity contribution in [3.05, 3.63) is 41.9 Å². The third-order valence-electron chi connectivity index (χ3n) is 4.89. The molecule has 1 amide bonds. The third-order valence-corrected chi connectivity index (χ3v) is 4.89. The Balaban J connectivity index is 1.87. The van der Waals surface area contributed by atoms with Gasteiger partial charge in [-0.05, 0) is 37.6 Å². The highest BCUT2D eigenvalue weighted by Crippen LogP contribution is 2.38. The zero-order valence-corrected chi connectivity index (χ0v) is 16.1. The fourth-order valence-electron chi connectivity index (χ4n) is 3.33. The van der Waals surface area contributed by atoms with Gasteiger partial charge < -0.3 is 9.64 Å². The topological polar surface area (TPSA) is 68.2 Å². The van der Waals surface area contributed by atoms with Gasteiger partial charge in [-0.15, -0.1) is 0 Å². The Hall–Kier alpha value is -3.02. The molecule has 2 aromatic heterocycles. The van der Waals surface area contributed by atoms with Crippen LogP contribution in [-0.4, -0.2) is 34.0 Å². The van der Waals surface area contributed by atoms with E-state index in [4.69, 9.17) is 9.72 Å². The van der Waals surface area contributed by atoms with Gasteiger partial charge in [0.25, 0.3) is 5.91 Å². The maximum absolute atomic E-state index is 12.2. The van der Waals surface area contributed by atoms with Gasteiger partial charge in [-0.1, -0.05) is 13.8 Å². The van der Waals surface area contributed by atoms with Crippen molar-refractivity contribution >= 4 is 22.5 Å². The number of likely N-dealkylation sites (N-methyl/N-ethyl adjacent to an activating group) is 1.